The number of amides is 1. The third-order valence-electron chi connectivity index (χ3n) is 3.52. The van der Waals surface area contributed by atoms with Gasteiger partial charge in [-0.2, -0.15) is 5.10 Å². The zero-order valence-corrected chi connectivity index (χ0v) is 14.9. The molecule has 0 saturated carbocycles. The summed E-state index contributed by atoms with van der Waals surface area (Å²) in [7, 11) is 0. The fraction of sp³-hybridized carbons (Fsp3) is 0.222. The van der Waals surface area contributed by atoms with Crippen LogP contribution in [0.5, 0.6) is 0 Å². The van der Waals surface area contributed by atoms with Gasteiger partial charge in [0, 0.05) is 23.2 Å². The zero-order valence-electron chi connectivity index (χ0n) is 13.3. The monoisotopic (exact) mass is 373 g/mol. The lowest BCUT2D eigenvalue weighted by Crippen LogP contribution is -2.21. The molecule has 5 heteroatoms. The smallest absolute Gasteiger partial charge is 0.272 e. The normalized spacial score (nSPS) is 10.7. The molecule has 0 heterocycles. The number of benzene rings is 2. The fourth-order valence-electron chi connectivity index (χ4n) is 2.23. The van der Waals surface area contributed by atoms with Crippen LogP contribution >= 0.6 is 15.9 Å². The van der Waals surface area contributed by atoms with Crippen LogP contribution in [-0.4, -0.2) is 25.2 Å². The summed E-state index contributed by atoms with van der Waals surface area (Å²) < 4.78 is 0.747. The van der Waals surface area contributed by atoms with Crippen LogP contribution in [0.1, 0.15) is 29.8 Å². The molecule has 0 atom stereocenters. The van der Waals surface area contributed by atoms with Gasteiger partial charge in [0.05, 0.1) is 11.8 Å². The van der Waals surface area contributed by atoms with Gasteiger partial charge in [-0.25, -0.2) is 5.43 Å². The van der Waals surface area contributed by atoms with Gasteiger partial charge >= 0.3 is 0 Å². The highest BCUT2D eigenvalue weighted by Crippen LogP contribution is 2.16. The highest BCUT2D eigenvalue weighted by Gasteiger charge is 2.07. The Morgan fingerprint density at radius 2 is 1.78 bits per heavy atom. The number of halogens is 1. The molecule has 2 rings (SSSR count). The van der Waals surface area contributed by atoms with Crippen molar-refractivity contribution in [1.82, 2.24) is 5.43 Å². The number of hydrogen-bond acceptors (Lipinski definition) is 3. The molecule has 0 aliphatic carbocycles. The summed E-state index contributed by atoms with van der Waals surface area (Å²) in [6.07, 6.45) is 1.64. The van der Waals surface area contributed by atoms with Crippen molar-refractivity contribution in [3.8, 4) is 0 Å². The quantitative estimate of drug-likeness (QED) is 0.612. The molecule has 0 saturated heterocycles. The molecule has 120 valence electrons. The second-order valence-electron chi connectivity index (χ2n) is 4.94. The van der Waals surface area contributed by atoms with E-state index in [2.05, 4.69) is 57.3 Å². The predicted octanol–water partition coefficient (Wildman–Crippen LogP) is 4.06. The summed E-state index contributed by atoms with van der Waals surface area (Å²) in [6.45, 7) is 6.23. The van der Waals surface area contributed by atoms with E-state index in [0.29, 0.717) is 5.56 Å². The van der Waals surface area contributed by atoms with Crippen molar-refractivity contribution in [3.63, 3.8) is 0 Å². The van der Waals surface area contributed by atoms with Gasteiger partial charge in [0.1, 0.15) is 0 Å². The number of hydrogen-bond donors (Lipinski definition) is 1. The highest BCUT2D eigenvalue weighted by molar-refractivity contribution is 9.10. The Labute approximate surface area is 145 Å². The predicted molar refractivity (Wildman–Crippen MR) is 99.2 cm³/mol. The average Bonchev–Trinajstić information content (AvgIpc) is 2.57. The molecule has 1 N–H and O–H groups in total. The standard InChI is InChI=1S/C18H20BrN3O/c1-3-22(4-2)15-11-9-14(10-12-15)13-20-21-18(23)16-7-5-6-8-17(16)19/h5-13H,3-4H2,1-2H3,(H,21,23)/b20-13-. The van der Waals surface area contributed by atoms with E-state index in [1.165, 1.54) is 5.69 Å². The third-order valence-corrected chi connectivity index (χ3v) is 4.21. The summed E-state index contributed by atoms with van der Waals surface area (Å²) in [5, 5.41) is 4.01. The van der Waals surface area contributed by atoms with Crippen molar-refractivity contribution in [1.29, 1.82) is 0 Å². The number of rotatable bonds is 6. The lowest BCUT2D eigenvalue weighted by atomic mass is 10.2. The third kappa shape index (κ3) is 4.66. The van der Waals surface area contributed by atoms with Crippen molar-refractivity contribution < 1.29 is 4.79 Å². The van der Waals surface area contributed by atoms with Gasteiger partial charge in [-0.3, -0.25) is 4.79 Å². The second kappa shape index (κ2) is 8.48. The van der Waals surface area contributed by atoms with Crippen LogP contribution in [0.25, 0.3) is 0 Å². The molecule has 0 aliphatic rings. The minimum Gasteiger partial charge on any atom is -0.372 e. The Hall–Kier alpha value is -2.14. The van der Waals surface area contributed by atoms with Gasteiger partial charge in [0.25, 0.3) is 5.91 Å². The molecule has 0 aromatic heterocycles. The molecule has 2 aromatic rings. The van der Waals surface area contributed by atoms with E-state index in [0.717, 1.165) is 23.1 Å². The summed E-state index contributed by atoms with van der Waals surface area (Å²) in [4.78, 5) is 14.3. The summed E-state index contributed by atoms with van der Waals surface area (Å²) in [5.74, 6) is -0.242. The van der Waals surface area contributed by atoms with E-state index in [1.807, 2.05) is 30.3 Å². The lowest BCUT2D eigenvalue weighted by Gasteiger charge is -2.20. The average molecular weight is 374 g/mol. The number of anilines is 1. The first-order valence-electron chi connectivity index (χ1n) is 7.58. The molecular weight excluding hydrogens is 354 g/mol. The molecule has 4 nitrogen and oxygen atoms in total. The van der Waals surface area contributed by atoms with Crippen LogP contribution in [0.2, 0.25) is 0 Å². The van der Waals surface area contributed by atoms with E-state index >= 15 is 0 Å². The molecule has 23 heavy (non-hydrogen) atoms. The molecule has 0 aliphatic heterocycles. The minimum absolute atomic E-state index is 0.242. The first-order valence-corrected chi connectivity index (χ1v) is 8.38. The van der Waals surface area contributed by atoms with Crippen LogP contribution in [-0.2, 0) is 0 Å². The molecular formula is C18H20BrN3O. The van der Waals surface area contributed by atoms with Crippen molar-refractivity contribution in [2.75, 3.05) is 18.0 Å². The first-order chi connectivity index (χ1) is 11.2. The van der Waals surface area contributed by atoms with Gasteiger partial charge in [-0.05, 0) is 59.6 Å². The Kier molecular flexibility index (Phi) is 6.35. The highest BCUT2D eigenvalue weighted by atomic mass is 79.9. The van der Waals surface area contributed by atoms with Crippen LogP contribution in [0.4, 0.5) is 5.69 Å². The van der Waals surface area contributed by atoms with Gasteiger partial charge in [0.15, 0.2) is 0 Å². The minimum atomic E-state index is -0.242. The van der Waals surface area contributed by atoms with Crippen LogP contribution in [0.15, 0.2) is 58.1 Å². The van der Waals surface area contributed by atoms with Crippen LogP contribution in [0.3, 0.4) is 0 Å². The maximum absolute atomic E-state index is 12.0. The summed E-state index contributed by atoms with van der Waals surface area (Å²) in [6, 6.07) is 15.3. The van der Waals surface area contributed by atoms with Crippen molar-refractivity contribution >= 4 is 33.7 Å². The summed E-state index contributed by atoms with van der Waals surface area (Å²) >= 11 is 3.35. The molecule has 0 fully saturated rings. The Morgan fingerprint density at radius 1 is 1.13 bits per heavy atom. The van der Waals surface area contributed by atoms with Gasteiger partial charge in [-0.1, -0.05) is 24.3 Å². The Balaban J connectivity index is 1.98. The Morgan fingerprint density at radius 3 is 2.39 bits per heavy atom. The first kappa shape index (κ1) is 17.2. The van der Waals surface area contributed by atoms with E-state index in [4.69, 9.17) is 0 Å². The number of hydrazone groups is 1. The number of carbonyl (C=O) groups excluding carboxylic acids is 1. The maximum Gasteiger partial charge on any atom is 0.272 e. The molecule has 0 spiro atoms. The zero-order chi connectivity index (χ0) is 16.7. The Bertz CT molecular complexity index is 679. The molecule has 0 bridgehead atoms. The second-order valence-corrected chi connectivity index (χ2v) is 5.80. The van der Waals surface area contributed by atoms with Gasteiger partial charge in [-0.15, -0.1) is 0 Å². The number of carbonyl (C=O) groups is 1. The lowest BCUT2D eigenvalue weighted by molar-refractivity contribution is 0.0954. The van der Waals surface area contributed by atoms with Crippen molar-refractivity contribution in [2.45, 2.75) is 13.8 Å². The van der Waals surface area contributed by atoms with E-state index in [9.17, 15) is 4.79 Å². The van der Waals surface area contributed by atoms with E-state index < -0.39 is 0 Å². The van der Waals surface area contributed by atoms with Crippen LogP contribution in [0, 0.1) is 0 Å². The van der Waals surface area contributed by atoms with E-state index in [1.54, 1.807) is 12.3 Å². The molecule has 1 amide bonds. The fourth-order valence-corrected chi connectivity index (χ4v) is 2.70. The molecule has 2 aromatic carbocycles. The van der Waals surface area contributed by atoms with Crippen molar-refractivity contribution in [3.05, 3.63) is 64.1 Å². The maximum atomic E-state index is 12.0. The molecule has 0 unspecified atom stereocenters. The number of nitrogens with one attached hydrogen (secondary N) is 1. The van der Waals surface area contributed by atoms with E-state index in [-0.39, 0.29) is 5.91 Å². The molecule has 0 radical (unpaired) electrons. The van der Waals surface area contributed by atoms with Gasteiger partial charge in [0.2, 0.25) is 0 Å². The van der Waals surface area contributed by atoms with Crippen molar-refractivity contribution in [2.24, 2.45) is 5.10 Å². The topological polar surface area (TPSA) is 44.7 Å². The number of nitrogens with zero attached hydrogens (tertiary/aromatic N) is 2. The van der Waals surface area contributed by atoms with Gasteiger partial charge < -0.3 is 4.90 Å². The largest absolute Gasteiger partial charge is 0.372 e. The SMILES string of the molecule is CCN(CC)c1ccc(/C=N\NC(=O)c2ccccc2Br)cc1. The van der Waals surface area contributed by atoms with Crippen LogP contribution < -0.4 is 10.3 Å². The summed E-state index contributed by atoms with van der Waals surface area (Å²) in [5.41, 5.74) is 5.22.